The van der Waals surface area contributed by atoms with Gasteiger partial charge in [0.1, 0.15) is 5.82 Å². The number of aromatic nitrogens is 1. The van der Waals surface area contributed by atoms with Crippen LogP contribution in [0.4, 0.5) is 11.5 Å². The Morgan fingerprint density at radius 1 is 1.30 bits per heavy atom. The van der Waals surface area contributed by atoms with Crippen LogP contribution >= 0.6 is 15.9 Å². The van der Waals surface area contributed by atoms with Crippen molar-refractivity contribution in [1.29, 1.82) is 0 Å². The molecule has 1 aromatic heterocycles. The zero-order chi connectivity index (χ0) is 14.4. The van der Waals surface area contributed by atoms with Gasteiger partial charge in [-0.05, 0) is 40.2 Å². The number of nitrogens with zero attached hydrogens (tertiary/aromatic N) is 1. The molecule has 0 fully saturated rings. The molecule has 4 nitrogen and oxygen atoms in total. The number of benzene rings is 1. The number of pyridine rings is 1. The molecule has 1 amide bonds. The van der Waals surface area contributed by atoms with E-state index in [0.717, 1.165) is 10.3 Å². The molecule has 0 saturated carbocycles. The van der Waals surface area contributed by atoms with E-state index in [1.807, 2.05) is 18.2 Å². The molecule has 0 aliphatic rings. The summed E-state index contributed by atoms with van der Waals surface area (Å²) in [6.45, 7) is 4.27. The normalized spacial score (nSPS) is 9.85. The van der Waals surface area contributed by atoms with Crippen LogP contribution in [0.5, 0.6) is 0 Å². The maximum absolute atomic E-state index is 12.1. The fourth-order valence-corrected chi connectivity index (χ4v) is 2.06. The van der Waals surface area contributed by atoms with Crippen LogP contribution in [0.1, 0.15) is 10.4 Å². The van der Waals surface area contributed by atoms with Crippen LogP contribution in [0.2, 0.25) is 0 Å². The molecule has 1 heterocycles. The molecule has 0 radical (unpaired) electrons. The fourth-order valence-electron chi connectivity index (χ4n) is 1.59. The van der Waals surface area contributed by atoms with Crippen molar-refractivity contribution in [3.63, 3.8) is 0 Å². The molecule has 0 bridgehead atoms. The van der Waals surface area contributed by atoms with E-state index in [0.29, 0.717) is 17.8 Å². The molecule has 2 aromatic rings. The van der Waals surface area contributed by atoms with Crippen LogP contribution in [0.25, 0.3) is 0 Å². The van der Waals surface area contributed by atoms with Crippen LogP contribution in [0.15, 0.2) is 59.7 Å². The number of hydrogen-bond donors (Lipinski definition) is 2. The largest absolute Gasteiger partial charge is 0.367 e. The third-order valence-corrected chi connectivity index (χ3v) is 3.26. The molecule has 0 aliphatic carbocycles. The molecule has 20 heavy (non-hydrogen) atoms. The summed E-state index contributed by atoms with van der Waals surface area (Å²) in [7, 11) is 0. The Morgan fingerprint density at radius 3 is 2.75 bits per heavy atom. The molecule has 0 unspecified atom stereocenters. The lowest BCUT2D eigenvalue weighted by atomic mass is 10.2. The van der Waals surface area contributed by atoms with Gasteiger partial charge in [-0.2, -0.15) is 0 Å². The number of hydrogen-bond acceptors (Lipinski definition) is 3. The number of rotatable bonds is 5. The first-order valence-corrected chi connectivity index (χ1v) is 6.86. The quantitative estimate of drug-likeness (QED) is 0.821. The lowest BCUT2D eigenvalue weighted by molar-refractivity contribution is 0.102. The van der Waals surface area contributed by atoms with Gasteiger partial charge in [-0.25, -0.2) is 4.98 Å². The van der Waals surface area contributed by atoms with Gasteiger partial charge in [0.15, 0.2) is 0 Å². The zero-order valence-electron chi connectivity index (χ0n) is 10.8. The maximum Gasteiger partial charge on any atom is 0.256 e. The topological polar surface area (TPSA) is 54.0 Å². The molecular formula is C15H14BrN3O. The highest BCUT2D eigenvalue weighted by Crippen LogP contribution is 2.18. The molecule has 0 saturated heterocycles. The van der Waals surface area contributed by atoms with Gasteiger partial charge in [0.2, 0.25) is 0 Å². The SMILES string of the molecule is C=CCNc1ccc(NC(=O)c2ccccc2Br)cn1. The highest BCUT2D eigenvalue weighted by molar-refractivity contribution is 9.10. The third-order valence-electron chi connectivity index (χ3n) is 2.57. The van der Waals surface area contributed by atoms with Crippen molar-refractivity contribution in [2.24, 2.45) is 0 Å². The highest BCUT2D eigenvalue weighted by Gasteiger charge is 2.09. The maximum atomic E-state index is 12.1. The molecule has 5 heteroatoms. The van der Waals surface area contributed by atoms with Gasteiger partial charge in [0, 0.05) is 11.0 Å². The molecule has 102 valence electrons. The second-order valence-electron chi connectivity index (χ2n) is 4.04. The Kier molecular flexibility index (Phi) is 4.90. The minimum Gasteiger partial charge on any atom is -0.367 e. The first kappa shape index (κ1) is 14.3. The second-order valence-corrected chi connectivity index (χ2v) is 4.89. The minimum absolute atomic E-state index is 0.175. The van der Waals surface area contributed by atoms with Crippen molar-refractivity contribution in [3.05, 3.63) is 65.3 Å². The summed E-state index contributed by atoms with van der Waals surface area (Å²) in [6, 6.07) is 10.9. The Balaban J connectivity index is 2.05. The first-order valence-electron chi connectivity index (χ1n) is 6.07. The number of amides is 1. The standard InChI is InChI=1S/C15H14BrN3O/c1-2-9-17-14-8-7-11(10-18-14)19-15(20)12-5-3-4-6-13(12)16/h2-8,10H,1,9H2,(H,17,18)(H,19,20). The number of carbonyl (C=O) groups is 1. The summed E-state index contributed by atoms with van der Waals surface area (Å²) < 4.78 is 0.759. The van der Waals surface area contributed by atoms with E-state index in [9.17, 15) is 4.79 Å². The zero-order valence-corrected chi connectivity index (χ0v) is 12.4. The van der Waals surface area contributed by atoms with Gasteiger partial charge in [0.05, 0.1) is 17.4 Å². The van der Waals surface area contributed by atoms with Gasteiger partial charge < -0.3 is 10.6 Å². The number of halogens is 1. The number of anilines is 2. The monoisotopic (exact) mass is 331 g/mol. The van der Waals surface area contributed by atoms with E-state index in [-0.39, 0.29) is 5.91 Å². The average molecular weight is 332 g/mol. The van der Waals surface area contributed by atoms with Crippen LogP contribution < -0.4 is 10.6 Å². The van der Waals surface area contributed by atoms with Crippen molar-refractivity contribution in [1.82, 2.24) is 4.98 Å². The minimum atomic E-state index is -0.175. The third kappa shape index (κ3) is 3.68. The molecule has 0 aliphatic heterocycles. The predicted molar refractivity (Wildman–Crippen MR) is 85.0 cm³/mol. The number of nitrogens with one attached hydrogen (secondary N) is 2. The molecule has 2 rings (SSSR count). The predicted octanol–water partition coefficient (Wildman–Crippen LogP) is 3.69. The van der Waals surface area contributed by atoms with E-state index in [1.54, 1.807) is 30.5 Å². The second kappa shape index (κ2) is 6.86. The summed E-state index contributed by atoms with van der Waals surface area (Å²) in [5, 5.41) is 5.87. The van der Waals surface area contributed by atoms with Gasteiger partial charge in [-0.1, -0.05) is 18.2 Å². The van der Waals surface area contributed by atoms with Crippen molar-refractivity contribution in [2.75, 3.05) is 17.2 Å². The Bertz CT molecular complexity index is 611. The van der Waals surface area contributed by atoms with Crippen LogP contribution in [-0.4, -0.2) is 17.4 Å². The highest BCUT2D eigenvalue weighted by atomic mass is 79.9. The van der Waals surface area contributed by atoms with Gasteiger partial charge in [-0.3, -0.25) is 4.79 Å². The van der Waals surface area contributed by atoms with E-state index in [1.165, 1.54) is 0 Å². The Labute approximate surface area is 126 Å². The molecule has 1 aromatic carbocycles. The van der Waals surface area contributed by atoms with Crippen LogP contribution in [-0.2, 0) is 0 Å². The fraction of sp³-hybridized carbons (Fsp3) is 0.0667. The lowest BCUT2D eigenvalue weighted by Crippen LogP contribution is -2.12. The average Bonchev–Trinajstić information content (AvgIpc) is 2.47. The first-order chi connectivity index (χ1) is 9.70. The molecular weight excluding hydrogens is 318 g/mol. The lowest BCUT2D eigenvalue weighted by Gasteiger charge is -2.07. The van der Waals surface area contributed by atoms with Gasteiger partial charge in [-0.15, -0.1) is 6.58 Å². The Hall–Kier alpha value is -2.14. The number of carbonyl (C=O) groups excluding carboxylic acids is 1. The van der Waals surface area contributed by atoms with Crippen molar-refractivity contribution >= 4 is 33.3 Å². The smallest absolute Gasteiger partial charge is 0.256 e. The van der Waals surface area contributed by atoms with E-state index < -0.39 is 0 Å². The molecule has 0 atom stereocenters. The Morgan fingerprint density at radius 2 is 2.10 bits per heavy atom. The summed E-state index contributed by atoms with van der Waals surface area (Å²) in [5.41, 5.74) is 1.23. The summed E-state index contributed by atoms with van der Waals surface area (Å²) >= 11 is 3.35. The summed E-state index contributed by atoms with van der Waals surface area (Å²) in [6.07, 6.45) is 3.37. The van der Waals surface area contributed by atoms with Gasteiger partial charge in [0.25, 0.3) is 5.91 Å². The van der Waals surface area contributed by atoms with Crippen molar-refractivity contribution < 1.29 is 4.79 Å². The van der Waals surface area contributed by atoms with Crippen molar-refractivity contribution in [2.45, 2.75) is 0 Å². The van der Waals surface area contributed by atoms with Crippen LogP contribution in [0.3, 0.4) is 0 Å². The molecule has 0 spiro atoms. The summed E-state index contributed by atoms with van der Waals surface area (Å²) in [5.74, 6) is 0.565. The van der Waals surface area contributed by atoms with E-state index in [4.69, 9.17) is 0 Å². The molecule has 2 N–H and O–H groups in total. The van der Waals surface area contributed by atoms with Crippen LogP contribution in [0, 0.1) is 0 Å². The summed E-state index contributed by atoms with van der Waals surface area (Å²) in [4.78, 5) is 16.3. The van der Waals surface area contributed by atoms with Gasteiger partial charge >= 0.3 is 0 Å². The van der Waals surface area contributed by atoms with E-state index in [2.05, 4.69) is 38.1 Å². The van der Waals surface area contributed by atoms with Crippen molar-refractivity contribution in [3.8, 4) is 0 Å². The van der Waals surface area contributed by atoms with E-state index >= 15 is 0 Å².